The highest BCUT2D eigenvalue weighted by Crippen LogP contribution is 2.19. The number of pyridine rings is 1. The van der Waals surface area contributed by atoms with Gasteiger partial charge in [-0.15, -0.1) is 0 Å². The summed E-state index contributed by atoms with van der Waals surface area (Å²) in [5.74, 6) is -0.698. The van der Waals surface area contributed by atoms with Gasteiger partial charge in [-0.05, 0) is 63.8 Å². The predicted octanol–water partition coefficient (Wildman–Crippen LogP) is 2.46. The summed E-state index contributed by atoms with van der Waals surface area (Å²) in [6.07, 6.45) is -0.591. The van der Waals surface area contributed by atoms with Gasteiger partial charge in [0.2, 0.25) is 0 Å². The number of rotatable bonds is 14. The van der Waals surface area contributed by atoms with Crippen molar-refractivity contribution < 1.29 is 29.6 Å². The van der Waals surface area contributed by atoms with Crippen molar-refractivity contribution in [2.45, 2.75) is 76.0 Å². The molecular weight excluding hydrogens is 548 g/mol. The van der Waals surface area contributed by atoms with Crippen molar-refractivity contribution in [1.29, 1.82) is 0 Å². The first-order valence-electron chi connectivity index (χ1n) is 14.4. The molecule has 0 saturated heterocycles. The number of aromatic nitrogens is 1. The van der Waals surface area contributed by atoms with E-state index >= 15 is 0 Å². The van der Waals surface area contributed by atoms with Crippen molar-refractivity contribution in [3.63, 3.8) is 0 Å². The average Bonchev–Trinajstić information content (AvgIpc) is 2.97. The van der Waals surface area contributed by atoms with Gasteiger partial charge in [0, 0.05) is 19.3 Å². The van der Waals surface area contributed by atoms with Crippen LogP contribution in [0.2, 0.25) is 0 Å². The van der Waals surface area contributed by atoms with Gasteiger partial charge in [0.05, 0.1) is 30.0 Å². The molecule has 6 N–H and O–H groups in total. The Kier molecular flexibility index (Phi) is 12.2. The molecule has 0 aliphatic carbocycles. The van der Waals surface area contributed by atoms with Crippen LogP contribution in [-0.4, -0.2) is 75.3 Å². The second-order valence-electron chi connectivity index (χ2n) is 11.8. The number of alkyl carbamates (subject to hydrolysis) is 1. The van der Waals surface area contributed by atoms with E-state index in [1.807, 2.05) is 60.7 Å². The Morgan fingerprint density at radius 3 is 1.72 bits per heavy atom. The van der Waals surface area contributed by atoms with Gasteiger partial charge in [0.25, 0.3) is 5.91 Å². The van der Waals surface area contributed by atoms with Crippen molar-refractivity contribution in [3.05, 3.63) is 102 Å². The van der Waals surface area contributed by atoms with Crippen molar-refractivity contribution in [3.8, 4) is 0 Å². The molecule has 3 aromatic rings. The third-order valence-corrected chi connectivity index (χ3v) is 6.86. The van der Waals surface area contributed by atoms with Crippen LogP contribution in [0.1, 0.15) is 44.5 Å². The van der Waals surface area contributed by atoms with Crippen LogP contribution < -0.4 is 16.0 Å². The topological polar surface area (TPSA) is 153 Å². The Hall–Kier alpha value is -3.83. The predicted molar refractivity (Wildman–Crippen MR) is 164 cm³/mol. The molecule has 0 aliphatic rings. The number of benzene rings is 2. The molecule has 5 atom stereocenters. The lowest BCUT2D eigenvalue weighted by Crippen LogP contribution is -2.55. The lowest BCUT2D eigenvalue weighted by atomic mass is 9.96. The maximum atomic E-state index is 13.2. The first kappa shape index (κ1) is 33.7. The molecule has 0 saturated carbocycles. The number of ether oxygens (including phenoxy) is 1. The largest absolute Gasteiger partial charge is 0.444 e. The molecule has 2 aromatic carbocycles. The van der Waals surface area contributed by atoms with Gasteiger partial charge in [-0.25, -0.2) is 4.79 Å². The van der Waals surface area contributed by atoms with E-state index in [9.17, 15) is 24.9 Å². The quantitative estimate of drug-likeness (QED) is 0.167. The van der Waals surface area contributed by atoms with Crippen LogP contribution in [0.3, 0.4) is 0 Å². The number of hydrogen-bond acceptors (Lipinski definition) is 8. The number of aliphatic hydroxyl groups is 3. The van der Waals surface area contributed by atoms with Crippen LogP contribution in [-0.2, 0) is 28.0 Å². The molecule has 0 radical (unpaired) electrons. The van der Waals surface area contributed by atoms with E-state index in [0.717, 1.165) is 11.1 Å². The monoisotopic (exact) mass is 592 g/mol. The zero-order valence-electron chi connectivity index (χ0n) is 25.2. The minimum absolute atomic E-state index is 0.0189. The molecule has 43 heavy (non-hydrogen) atoms. The van der Waals surface area contributed by atoms with Gasteiger partial charge >= 0.3 is 6.09 Å². The van der Waals surface area contributed by atoms with E-state index in [2.05, 4.69) is 20.9 Å². The summed E-state index contributed by atoms with van der Waals surface area (Å²) in [7, 11) is 0. The summed E-state index contributed by atoms with van der Waals surface area (Å²) >= 11 is 0. The highest BCUT2D eigenvalue weighted by atomic mass is 16.6. The fourth-order valence-corrected chi connectivity index (χ4v) is 4.50. The van der Waals surface area contributed by atoms with Gasteiger partial charge in [-0.2, -0.15) is 0 Å². The smallest absolute Gasteiger partial charge is 0.407 e. The van der Waals surface area contributed by atoms with Crippen molar-refractivity contribution in [1.82, 2.24) is 20.9 Å². The summed E-state index contributed by atoms with van der Waals surface area (Å²) in [6.45, 7) is 6.71. The van der Waals surface area contributed by atoms with Crippen LogP contribution in [0.15, 0.2) is 85.1 Å². The van der Waals surface area contributed by atoms with E-state index in [1.54, 1.807) is 39.0 Å². The molecule has 2 amide bonds. The Morgan fingerprint density at radius 2 is 1.26 bits per heavy atom. The molecule has 1 unspecified atom stereocenters. The zero-order chi connectivity index (χ0) is 31.5. The number of hydrogen-bond donors (Lipinski definition) is 6. The number of aliphatic hydroxyl groups excluding tert-OH is 2. The van der Waals surface area contributed by atoms with Crippen LogP contribution >= 0.6 is 0 Å². The number of carbonyl (C=O) groups excluding carboxylic acids is 2. The van der Waals surface area contributed by atoms with E-state index in [-0.39, 0.29) is 18.8 Å². The molecule has 1 heterocycles. The molecule has 0 fully saturated rings. The number of nitrogens with zero attached hydrogens (tertiary/aromatic N) is 1. The highest BCUT2D eigenvalue weighted by Gasteiger charge is 2.36. The third kappa shape index (κ3) is 11.1. The molecule has 10 heteroatoms. The third-order valence-electron chi connectivity index (χ3n) is 6.86. The van der Waals surface area contributed by atoms with E-state index in [1.165, 1.54) is 13.1 Å². The summed E-state index contributed by atoms with van der Waals surface area (Å²) in [4.78, 5) is 29.8. The molecule has 10 nitrogen and oxygen atoms in total. The zero-order valence-corrected chi connectivity index (χ0v) is 25.2. The summed E-state index contributed by atoms with van der Waals surface area (Å²) in [5, 5.41) is 41.8. The second-order valence-corrected chi connectivity index (χ2v) is 11.8. The average molecular weight is 593 g/mol. The maximum absolute atomic E-state index is 13.2. The van der Waals surface area contributed by atoms with Crippen LogP contribution in [0.5, 0.6) is 0 Å². The fourth-order valence-electron chi connectivity index (χ4n) is 4.50. The van der Waals surface area contributed by atoms with Crippen molar-refractivity contribution in [2.24, 2.45) is 0 Å². The van der Waals surface area contributed by atoms with E-state index < -0.39 is 47.5 Å². The van der Waals surface area contributed by atoms with Crippen LogP contribution in [0, 0.1) is 0 Å². The molecule has 0 aliphatic heterocycles. The van der Waals surface area contributed by atoms with Gasteiger partial charge in [0.1, 0.15) is 5.60 Å². The van der Waals surface area contributed by atoms with Crippen LogP contribution in [0.4, 0.5) is 4.79 Å². The Balaban J connectivity index is 1.67. The number of amides is 2. The Morgan fingerprint density at radius 1 is 0.767 bits per heavy atom. The number of nitrogens with one attached hydrogen (secondary N) is 3. The molecule has 0 bridgehead atoms. The van der Waals surface area contributed by atoms with Gasteiger partial charge < -0.3 is 36.0 Å². The lowest BCUT2D eigenvalue weighted by molar-refractivity contribution is -0.141. The molecular formula is C33H44N4O6. The first-order chi connectivity index (χ1) is 20.3. The molecule has 232 valence electrons. The minimum Gasteiger partial charge on any atom is -0.444 e. The first-order valence-corrected chi connectivity index (χ1v) is 14.4. The van der Waals surface area contributed by atoms with Gasteiger partial charge in [-0.3, -0.25) is 9.78 Å². The Bertz CT molecular complexity index is 1270. The SMILES string of the molecule is CC(C)(C)OC(=O)N[C@@H](Cc1ccccc1)[C@H](O)CNC[C@@H](O)[C@H](Cc1ccccc1)NC(=O)C(C)(O)c1ccccn1. The fraction of sp³-hybridized carbons (Fsp3) is 0.424. The number of carbonyl (C=O) groups is 2. The Labute approximate surface area is 253 Å². The second kappa shape index (κ2) is 15.6. The van der Waals surface area contributed by atoms with Gasteiger partial charge in [0.15, 0.2) is 5.60 Å². The van der Waals surface area contributed by atoms with Crippen molar-refractivity contribution in [2.75, 3.05) is 13.1 Å². The lowest BCUT2D eigenvalue weighted by Gasteiger charge is -2.30. The summed E-state index contributed by atoms with van der Waals surface area (Å²) < 4.78 is 5.40. The van der Waals surface area contributed by atoms with Crippen LogP contribution in [0.25, 0.3) is 0 Å². The highest BCUT2D eigenvalue weighted by molar-refractivity contribution is 5.85. The molecule has 3 rings (SSSR count). The normalized spacial score (nSPS) is 15.8. The maximum Gasteiger partial charge on any atom is 0.407 e. The molecule has 1 aromatic heterocycles. The van der Waals surface area contributed by atoms with Crippen molar-refractivity contribution >= 4 is 12.0 Å². The summed E-state index contributed by atoms with van der Waals surface area (Å²) in [5.41, 5.74) is -0.628. The standard InChI is InChI=1S/C33H44N4O6/c1-32(2,3)43-31(41)37-26(20-24-15-9-6-10-16-24)28(39)22-34-21-27(38)25(19-23-13-7-5-8-14-23)36-30(40)33(4,42)29-17-11-12-18-35-29/h5-18,25-28,34,38-39,42H,19-22H2,1-4H3,(H,36,40)(H,37,41)/t25-,26-,27+,28+,33?/m0/s1. The summed E-state index contributed by atoms with van der Waals surface area (Å²) in [6, 6.07) is 22.3. The van der Waals surface area contributed by atoms with E-state index in [0.29, 0.717) is 12.8 Å². The van der Waals surface area contributed by atoms with E-state index in [4.69, 9.17) is 4.74 Å². The molecule has 0 spiro atoms. The van der Waals surface area contributed by atoms with Gasteiger partial charge in [-0.1, -0.05) is 66.7 Å². The minimum atomic E-state index is -1.92.